The minimum atomic E-state index is -1.24. The fraction of sp³-hybridized carbons (Fsp3) is 0.320. The van der Waals surface area contributed by atoms with Crippen LogP contribution in [0.3, 0.4) is 0 Å². The summed E-state index contributed by atoms with van der Waals surface area (Å²) in [7, 11) is 1.53. The van der Waals surface area contributed by atoms with Crippen LogP contribution in [-0.4, -0.2) is 47.2 Å². The number of alkyl carbamates (subject to hydrolysis) is 1. The van der Waals surface area contributed by atoms with E-state index in [0.29, 0.717) is 22.6 Å². The van der Waals surface area contributed by atoms with E-state index in [0.717, 1.165) is 4.90 Å². The first kappa shape index (κ1) is 26.1. The zero-order valence-corrected chi connectivity index (χ0v) is 19.8. The molecule has 0 heterocycles. The maximum absolute atomic E-state index is 13.3. The Labute approximate surface area is 199 Å². The highest BCUT2D eigenvalue weighted by Crippen LogP contribution is 2.27. The monoisotopic (exact) mass is 467 g/mol. The number of phenolic OH excluding ortho intramolecular Hbond substituents is 1. The van der Waals surface area contributed by atoms with Crippen LogP contribution >= 0.6 is 0 Å². The number of phenols is 1. The maximum Gasteiger partial charge on any atom is 0.408 e. The molecule has 0 saturated heterocycles. The second-order valence-corrected chi connectivity index (χ2v) is 8.41. The van der Waals surface area contributed by atoms with Gasteiger partial charge in [-0.25, -0.2) is 4.79 Å². The molecule has 0 saturated carbocycles. The van der Waals surface area contributed by atoms with E-state index in [4.69, 9.17) is 15.9 Å². The summed E-state index contributed by atoms with van der Waals surface area (Å²) < 4.78 is 10.2. The van der Waals surface area contributed by atoms with Crippen molar-refractivity contribution in [1.82, 2.24) is 10.2 Å². The van der Waals surface area contributed by atoms with Gasteiger partial charge in [0, 0.05) is 11.7 Å². The van der Waals surface area contributed by atoms with Crippen molar-refractivity contribution in [2.24, 2.45) is 0 Å². The highest BCUT2D eigenvalue weighted by molar-refractivity contribution is 5.99. The van der Waals surface area contributed by atoms with Gasteiger partial charge in [0.25, 0.3) is 11.8 Å². The van der Waals surface area contributed by atoms with Gasteiger partial charge in [-0.15, -0.1) is 0 Å². The zero-order chi connectivity index (χ0) is 25.5. The van der Waals surface area contributed by atoms with E-state index in [1.54, 1.807) is 58.0 Å². The number of nitrogens with one attached hydrogen (secondary N) is 2. The Balaban J connectivity index is 2.31. The van der Waals surface area contributed by atoms with E-state index in [9.17, 15) is 19.5 Å². The number of methoxy groups -OCH3 is 1. The lowest BCUT2D eigenvalue weighted by molar-refractivity contribution is -0.134. The Morgan fingerprint density at radius 2 is 1.79 bits per heavy atom. The van der Waals surface area contributed by atoms with Gasteiger partial charge in [0.1, 0.15) is 29.7 Å². The van der Waals surface area contributed by atoms with Crippen LogP contribution in [-0.2, 0) is 14.3 Å². The van der Waals surface area contributed by atoms with Crippen molar-refractivity contribution in [2.45, 2.75) is 39.3 Å². The molecule has 0 radical (unpaired) electrons. The molecule has 3 amide bonds. The van der Waals surface area contributed by atoms with Crippen LogP contribution in [0.2, 0.25) is 0 Å². The van der Waals surface area contributed by atoms with E-state index in [1.165, 1.54) is 19.2 Å². The van der Waals surface area contributed by atoms with Gasteiger partial charge in [0.15, 0.2) is 0 Å². The predicted molar refractivity (Wildman–Crippen MR) is 127 cm³/mol. The van der Waals surface area contributed by atoms with E-state index >= 15 is 0 Å². The van der Waals surface area contributed by atoms with Crippen LogP contribution in [0.5, 0.6) is 11.5 Å². The molecule has 0 aliphatic heterocycles. The molecule has 1 unspecified atom stereocenters. The van der Waals surface area contributed by atoms with Crippen molar-refractivity contribution < 1.29 is 29.0 Å². The van der Waals surface area contributed by atoms with Crippen molar-refractivity contribution in [3.63, 3.8) is 0 Å². The van der Waals surface area contributed by atoms with Crippen molar-refractivity contribution in [2.75, 3.05) is 19.0 Å². The average Bonchev–Trinajstić information content (AvgIpc) is 2.77. The fourth-order valence-electron chi connectivity index (χ4n) is 2.99. The minimum Gasteiger partial charge on any atom is -0.508 e. The molecule has 0 fully saturated rings. The SMILES string of the molecule is C#CN(C(=O)CNC(=O)OC(C)(C)C)C(C(=O)Nc1ccc(OC)cc1)c1ccc(O)c(C)c1. The van der Waals surface area contributed by atoms with E-state index in [2.05, 4.69) is 16.7 Å². The molecule has 0 spiro atoms. The Kier molecular flexibility index (Phi) is 8.51. The minimum absolute atomic E-state index is 0.0308. The summed E-state index contributed by atoms with van der Waals surface area (Å²) in [6.07, 6.45) is 4.83. The number of ether oxygens (including phenoxy) is 2. The van der Waals surface area contributed by atoms with Crippen molar-refractivity contribution >= 4 is 23.6 Å². The molecule has 3 N–H and O–H groups in total. The van der Waals surface area contributed by atoms with Crippen molar-refractivity contribution in [3.05, 3.63) is 53.6 Å². The number of nitrogens with zero attached hydrogens (tertiary/aromatic N) is 1. The molecular formula is C25H29N3O6. The van der Waals surface area contributed by atoms with E-state index in [1.807, 2.05) is 0 Å². The third-order valence-corrected chi connectivity index (χ3v) is 4.59. The number of carbonyl (C=O) groups is 3. The molecule has 2 aromatic rings. The lowest BCUT2D eigenvalue weighted by atomic mass is 10.0. The average molecular weight is 468 g/mol. The number of anilines is 1. The Morgan fingerprint density at radius 1 is 1.15 bits per heavy atom. The Morgan fingerprint density at radius 3 is 2.32 bits per heavy atom. The molecule has 9 nitrogen and oxygen atoms in total. The molecule has 180 valence electrons. The molecule has 0 bridgehead atoms. The lowest BCUT2D eigenvalue weighted by Crippen LogP contribution is -2.44. The van der Waals surface area contributed by atoms with Gasteiger partial charge in [-0.05, 0) is 75.2 Å². The first-order valence-corrected chi connectivity index (χ1v) is 10.4. The van der Waals surface area contributed by atoms with Gasteiger partial charge in [-0.1, -0.05) is 12.5 Å². The maximum atomic E-state index is 13.3. The largest absolute Gasteiger partial charge is 0.508 e. The smallest absolute Gasteiger partial charge is 0.408 e. The summed E-state index contributed by atoms with van der Waals surface area (Å²) in [6.45, 7) is 6.24. The molecule has 0 aromatic heterocycles. The number of rotatable bonds is 7. The topological polar surface area (TPSA) is 117 Å². The summed E-state index contributed by atoms with van der Waals surface area (Å²) in [5.41, 5.74) is 0.590. The fourth-order valence-corrected chi connectivity index (χ4v) is 2.99. The summed E-state index contributed by atoms with van der Waals surface area (Å²) in [4.78, 5) is 39.0. The second-order valence-electron chi connectivity index (χ2n) is 8.41. The van der Waals surface area contributed by atoms with E-state index < -0.39 is 36.1 Å². The van der Waals surface area contributed by atoms with Gasteiger partial charge < -0.3 is 25.2 Å². The zero-order valence-electron chi connectivity index (χ0n) is 19.8. The molecule has 9 heteroatoms. The number of hydrogen-bond donors (Lipinski definition) is 3. The summed E-state index contributed by atoms with van der Waals surface area (Å²) in [5, 5.41) is 15.0. The number of aromatic hydroxyl groups is 1. The van der Waals surface area contributed by atoms with Crippen LogP contribution in [0.1, 0.15) is 37.9 Å². The number of aryl methyl sites for hydroxylation is 1. The second kappa shape index (κ2) is 11.1. The van der Waals surface area contributed by atoms with Crippen LogP contribution in [0.15, 0.2) is 42.5 Å². The molecule has 0 aliphatic carbocycles. The highest BCUT2D eigenvalue weighted by atomic mass is 16.6. The predicted octanol–water partition coefficient (Wildman–Crippen LogP) is 3.33. The number of benzene rings is 2. The number of terminal acetylenes is 1. The standard InChI is InChI=1S/C25H29N3O6/c1-7-28(21(30)15-26-24(32)34-25(3,4)5)22(17-8-13-20(29)16(2)14-17)23(31)27-18-9-11-19(33-6)12-10-18/h1,8-14,22,29H,15H2,2-6H3,(H,26,32)(H,27,31). The number of hydrogen-bond acceptors (Lipinski definition) is 6. The third kappa shape index (κ3) is 7.17. The van der Waals surface area contributed by atoms with Crippen LogP contribution in [0, 0.1) is 19.4 Å². The Hall–Kier alpha value is -4.19. The number of carbonyl (C=O) groups excluding carboxylic acids is 3. The van der Waals surface area contributed by atoms with Gasteiger partial charge in [0.2, 0.25) is 0 Å². The van der Waals surface area contributed by atoms with Gasteiger partial charge in [-0.2, -0.15) is 0 Å². The molecular weight excluding hydrogens is 438 g/mol. The third-order valence-electron chi connectivity index (χ3n) is 4.59. The molecule has 1 atom stereocenters. The van der Waals surface area contributed by atoms with E-state index in [-0.39, 0.29) is 5.75 Å². The normalized spacial score (nSPS) is 11.5. The summed E-state index contributed by atoms with van der Waals surface area (Å²) >= 11 is 0. The van der Waals surface area contributed by atoms with Crippen LogP contribution < -0.4 is 15.4 Å². The summed E-state index contributed by atoms with van der Waals surface area (Å²) in [6, 6.07) is 12.1. The van der Waals surface area contributed by atoms with Gasteiger partial charge in [0.05, 0.1) is 7.11 Å². The lowest BCUT2D eigenvalue weighted by Gasteiger charge is -2.27. The molecule has 34 heavy (non-hydrogen) atoms. The quantitative estimate of drug-likeness (QED) is 0.425. The van der Waals surface area contributed by atoms with Gasteiger partial charge in [-0.3, -0.25) is 14.5 Å². The molecule has 0 aliphatic rings. The van der Waals surface area contributed by atoms with Gasteiger partial charge >= 0.3 is 6.09 Å². The first-order valence-electron chi connectivity index (χ1n) is 10.4. The highest BCUT2D eigenvalue weighted by Gasteiger charge is 2.31. The van der Waals surface area contributed by atoms with Crippen LogP contribution in [0.4, 0.5) is 10.5 Å². The van der Waals surface area contributed by atoms with Crippen molar-refractivity contribution in [3.8, 4) is 24.0 Å². The Bertz CT molecular complexity index is 1080. The number of amides is 3. The molecule has 2 aromatic carbocycles. The van der Waals surface area contributed by atoms with Crippen molar-refractivity contribution in [1.29, 1.82) is 0 Å². The summed E-state index contributed by atoms with van der Waals surface area (Å²) in [5.74, 6) is -0.645. The van der Waals surface area contributed by atoms with Crippen LogP contribution in [0.25, 0.3) is 0 Å². The molecule has 2 rings (SSSR count). The first-order chi connectivity index (χ1) is 15.9.